The minimum Gasteiger partial charge on any atom is -0.497 e. The van der Waals surface area contributed by atoms with Crippen molar-refractivity contribution < 1.29 is 14.4 Å². The van der Waals surface area contributed by atoms with Gasteiger partial charge < -0.3 is 9.57 Å². The van der Waals surface area contributed by atoms with Gasteiger partial charge in [0.05, 0.1) is 19.0 Å². The third kappa shape index (κ3) is 4.82. The number of Topliss-reactive ketones (excluding diaryl/α,β-unsaturated/α-hetero) is 1. The first-order valence-corrected chi connectivity index (χ1v) is 7.36. The predicted octanol–water partition coefficient (Wildman–Crippen LogP) is 3.63. The van der Waals surface area contributed by atoms with Crippen molar-refractivity contribution in [1.82, 2.24) is 0 Å². The third-order valence-corrected chi connectivity index (χ3v) is 3.27. The number of ether oxygens (including phenoxy) is 1. The SMILES string of the molecule is CO/N=C\C(=N\Nc1ccc(OC)cc1)C(=O)c1ccc(Cl)cc1. The molecule has 0 aliphatic heterocycles. The zero-order chi connectivity index (χ0) is 17.4. The van der Waals surface area contributed by atoms with E-state index in [1.54, 1.807) is 55.6 Å². The lowest BCUT2D eigenvalue weighted by atomic mass is 10.1. The van der Waals surface area contributed by atoms with Gasteiger partial charge in [-0.25, -0.2) is 0 Å². The van der Waals surface area contributed by atoms with E-state index in [0.29, 0.717) is 16.3 Å². The Bertz CT molecular complexity index is 741. The Kier molecular flexibility index (Phi) is 6.33. The normalized spacial score (nSPS) is 11.4. The van der Waals surface area contributed by atoms with Gasteiger partial charge in [0.1, 0.15) is 12.9 Å². The second-order valence-electron chi connectivity index (χ2n) is 4.59. The van der Waals surface area contributed by atoms with Crippen LogP contribution >= 0.6 is 11.6 Å². The summed E-state index contributed by atoms with van der Waals surface area (Å²) in [6, 6.07) is 13.6. The number of anilines is 1. The molecule has 0 bridgehead atoms. The Hall–Kier alpha value is -2.86. The van der Waals surface area contributed by atoms with E-state index in [9.17, 15) is 4.79 Å². The smallest absolute Gasteiger partial charge is 0.214 e. The van der Waals surface area contributed by atoms with Crippen LogP contribution in [0.4, 0.5) is 5.69 Å². The number of hydrogen-bond donors (Lipinski definition) is 1. The molecular formula is C17H16ClN3O3. The van der Waals surface area contributed by atoms with Crippen molar-refractivity contribution in [2.24, 2.45) is 10.3 Å². The highest BCUT2D eigenvalue weighted by atomic mass is 35.5. The molecule has 2 aromatic carbocycles. The van der Waals surface area contributed by atoms with Gasteiger partial charge in [-0.2, -0.15) is 5.10 Å². The van der Waals surface area contributed by atoms with E-state index in [4.69, 9.17) is 16.3 Å². The number of methoxy groups -OCH3 is 1. The van der Waals surface area contributed by atoms with Crippen molar-refractivity contribution in [2.75, 3.05) is 19.6 Å². The van der Waals surface area contributed by atoms with Crippen molar-refractivity contribution in [3.63, 3.8) is 0 Å². The van der Waals surface area contributed by atoms with E-state index in [1.807, 2.05) is 0 Å². The van der Waals surface area contributed by atoms with Gasteiger partial charge in [0.15, 0.2) is 5.71 Å². The summed E-state index contributed by atoms with van der Waals surface area (Å²) in [5.41, 5.74) is 4.04. The van der Waals surface area contributed by atoms with Crippen LogP contribution in [-0.2, 0) is 4.84 Å². The number of benzene rings is 2. The molecule has 24 heavy (non-hydrogen) atoms. The van der Waals surface area contributed by atoms with Crippen LogP contribution in [0, 0.1) is 0 Å². The first-order chi connectivity index (χ1) is 11.6. The summed E-state index contributed by atoms with van der Waals surface area (Å²) in [6.45, 7) is 0. The lowest BCUT2D eigenvalue weighted by Gasteiger charge is -2.05. The topological polar surface area (TPSA) is 72.3 Å². The summed E-state index contributed by atoms with van der Waals surface area (Å²) < 4.78 is 5.09. The zero-order valence-electron chi connectivity index (χ0n) is 13.2. The van der Waals surface area contributed by atoms with E-state index < -0.39 is 0 Å². The number of nitrogens with one attached hydrogen (secondary N) is 1. The molecule has 0 atom stereocenters. The van der Waals surface area contributed by atoms with Crippen molar-refractivity contribution in [1.29, 1.82) is 0 Å². The summed E-state index contributed by atoms with van der Waals surface area (Å²) in [5.74, 6) is 0.413. The van der Waals surface area contributed by atoms with Crippen molar-refractivity contribution in [3.8, 4) is 5.75 Å². The Labute approximate surface area is 144 Å². The van der Waals surface area contributed by atoms with Crippen molar-refractivity contribution >= 4 is 35.0 Å². The molecule has 2 aromatic rings. The minimum absolute atomic E-state index is 0.0926. The Morgan fingerprint density at radius 2 is 1.75 bits per heavy atom. The fourth-order valence-electron chi connectivity index (χ4n) is 1.78. The molecule has 0 heterocycles. The molecule has 7 heteroatoms. The number of rotatable bonds is 7. The van der Waals surface area contributed by atoms with E-state index >= 15 is 0 Å². The predicted molar refractivity (Wildman–Crippen MR) is 95.3 cm³/mol. The van der Waals surface area contributed by atoms with Gasteiger partial charge in [0.2, 0.25) is 5.78 Å². The van der Waals surface area contributed by atoms with Crippen LogP contribution in [0.5, 0.6) is 5.75 Å². The highest BCUT2D eigenvalue weighted by molar-refractivity contribution is 6.64. The summed E-state index contributed by atoms with van der Waals surface area (Å²) >= 11 is 5.83. The Morgan fingerprint density at radius 1 is 1.08 bits per heavy atom. The van der Waals surface area contributed by atoms with Gasteiger partial charge in [-0.1, -0.05) is 16.8 Å². The lowest BCUT2D eigenvalue weighted by molar-refractivity contribution is 0.106. The molecule has 6 nitrogen and oxygen atoms in total. The number of hydrazone groups is 1. The quantitative estimate of drug-likeness (QED) is 0.472. The number of hydrogen-bond acceptors (Lipinski definition) is 6. The second-order valence-corrected chi connectivity index (χ2v) is 5.03. The molecule has 0 aliphatic carbocycles. The number of carbonyl (C=O) groups excluding carboxylic acids is 1. The average molecular weight is 346 g/mol. The summed E-state index contributed by atoms with van der Waals surface area (Å²) in [5, 5.41) is 8.26. The second kappa shape index (κ2) is 8.69. The molecule has 0 unspecified atom stereocenters. The molecule has 0 aromatic heterocycles. The molecule has 0 saturated heterocycles. The Balaban J connectivity index is 2.21. The van der Waals surface area contributed by atoms with Crippen LogP contribution < -0.4 is 10.2 Å². The van der Waals surface area contributed by atoms with Crippen LogP contribution in [-0.4, -0.2) is 31.9 Å². The van der Waals surface area contributed by atoms with E-state index in [1.165, 1.54) is 13.3 Å². The van der Waals surface area contributed by atoms with Crippen LogP contribution in [0.25, 0.3) is 0 Å². The largest absolute Gasteiger partial charge is 0.497 e. The molecular weight excluding hydrogens is 330 g/mol. The van der Waals surface area contributed by atoms with Gasteiger partial charge in [-0.3, -0.25) is 10.2 Å². The number of ketones is 1. The fourth-order valence-corrected chi connectivity index (χ4v) is 1.91. The molecule has 124 valence electrons. The van der Waals surface area contributed by atoms with Crippen molar-refractivity contribution in [3.05, 3.63) is 59.1 Å². The lowest BCUT2D eigenvalue weighted by Crippen LogP contribution is -2.17. The molecule has 0 aliphatic rings. The van der Waals surface area contributed by atoms with Gasteiger partial charge in [0, 0.05) is 10.6 Å². The number of carbonyl (C=O) groups is 1. The van der Waals surface area contributed by atoms with E-state index in [2.05, 4.69) is 20.5 Å². The first-order valence-electron chi connectivity index (χ1n) is 6.98. The number of oxime groups is 1. The van der Waals surface area contributed by atoms with Gasteiger partial charge in [-0.15, -0.1) is 0 Å². The number of nitrogens with zero attached hydrogens (tertiary/aromatic N) is 2. The monoisotopic (exact) mass is 345 g/mol. The minimum atomic E-state index is -0.312. The fraction of sp³-hybridized carbons (Fsp3) is 0.118. The standard InChI is InChI=1S/C17H16ClN3O3/c1-23-15-9-7-14(8-10-15)20-21-16(11-19-24-2)17(22)12-3-5-13(18)6-4-12/h3-11,20H,1-2H3/b19-11-,21-16-. The highest BCUT2D eigenvalue weighted by Crippen LogP contribution is 2.15. The number of halogens is 1. The summed E-state index contributed by atoms with van der Waals surface area (Å²) in [6.07, 6.45) is 1.24. The molecule has 0 spiro atoms. The molecule has 0 amide bonds. The maximum Gasteiger partial charge on any atom is 0.214 e. The third-order valence-electron chi connectivity index (χ3n) is 3.01. The Morgan fingerprint density at radius 3 is 2.33 bits per heavy atom. The van der Waals surface area contributed by atoms with Crippen LogP contribution in [0.1, 0.15) is 10.4 Å². The highest BCUT2D eigenvalue weighted by Gasteiger charge is 2.13. The first kappa shape index (κ1) is 17.5. The summed E-state index contributed by atoms with van der Waals surface area (Å²) in [4.78, 5) is 17.1. The van der Waals surface area contributed by atoms with E-state index in [-0.39, 0.29) is 11.5 Å². The maximum absolute atomic E-state index is 12.5. The van der Waals surface area contributed by atoms with E-state index in [0.717, 1.165) is 5.75 Å². The molecule has 2 rings (SSSR count). The van der Waals surface area contributed by atoms with Crippen molar-refractivity contribution in [2.45, 2.75) is 0 Å². The van der Waals surface area contributed by atoms with Crippen LogP contribution in [0.2, 0.25) is 5.02 Å². The molecule has 0 saturated carbocycles. The zero-order valence-corrected chi connectivity index (χ0v) is 13.9. The molecule has 0 fully saturated rings. The molecule has 1 N–H and O–H groups in total. The van der Waals surface area contributed by atoms with Crippen LogP contribution in [0.15, 0.2) is 58.8 Å². The van der Waals surface area contributed by atoms with Crippen LogP contribution in [0.3, 0.4) is 0 Å². The van der Waals surface area contributed by atoms with Gasteiger partial charge >= 0.3 is 0 Å². The maximum atomic E-state index is 12.5. The molecule has 0 radical (unpaired) electrons. The van der Waals surface area contributed by atoms with Gasteiger partial charge in [0.25, 0.3) is 0 Å². The van der Waals surface area contributed by atoms with Gasteiger partial charge in [-0.05, 0) is 48.5 Å². The summed E-state index contributed by atoms with van der Waals surface area (Å²) in [7, 11) is 2.97. The average Bonchev–Trinajstić information content (AvgIpc) is 2.62.